The first-order chi connectivity index (χ1) is 10.5. The van der Waals surface area contributed by atoms with Gasteiger partial charge in [0.15, 0.2) is 12.4 Å². The molecule has 0 bridgehead atoms. The van der Waals surface area contributed by atoms with E-state index < -0.39 is 43.3 Å². The maximum absolute atomic E-state index is 11.2. The Labute approximate surface area is 128 Å². The molecule has 0 amide bonds. The zero-order chi connectivity index (χ0) is 16.1. The van der Waals surface area contributed by atoms with Crippen LogP contribution in [0.5, 0.6) is 0 Å². The third-order valence-corrected chi connectivity index (χ3v) is 3.40. The van der Waals surface area contributed by atoms with Gasteiger partial charge in [-0.15, -0.1) is 0 Å². The molecule has 3 N–H and O–H groups in total. The van der Waals surface area contributed by atoms with Crippen LogP contribution in [0.1, 0.15) is 12.5 Å². The van der Waals surface area contributed by atoms with Crippen LogP contribution in [0.3, 0.4) is 0 Å². The average molecular weight is 312 g/mol. The summed E-state index contributed by atoms with van der Waals surface area (Å²) in [5, 5.41) is 29.3. The van der Waals surface area contributed by atoms with Gasteiger partial charge in [0.1, 0.15) is 18.3 Å². The number of aliphatic hydroxyl groups is 3. The summed E-state index contributed by atoms with van der Waals surface area (Å²) < 4.78 is 15.6. The molecule has 1 saturated heterocycles. The van der Waals surface area contributed by atoms with Crippen LogP contribution in [-0.2, 0) is 25.6 Å². The number of rotatable bonds is 5. The molecule has 7 nitrogen and oxygen atoms in total. The molecule has 1 fully saturated rings. The van der Waals surface area contributed by atoms with Crippen LogP contribution in [0.2, 0.25) is 0 Å². The third kappa shape index (κ3) is 4.02. The third-order valence-electron chi connectivity index (χ3n) is 3.40. The minimum Gasteiger partial charge on any atom is -0.454 e. The lowest BCUT2D eigenvalue weighted by Gasteiger charge is -2.41. The molecule has 122 valence electrons. The van der Waals surface area contributed by atoms with Crippen molar-refractivity contribution in [2.24, 2.45) is 0 Å². The van der Waals surface area contributed by atoms with Crippen molar-refractivity contribution in [3.63, 3.8) is 0 Å². The maximum Gasteiger partial charge on any atom is 0.303 e. The molecule has 1 aliphatic rings. The van der Waals surface area contributed by atoms with Crippen molar-refractivity contribution >= 4 is 5.97 Å². The van der Waals surface area contributed by atoms with Crippen molar-refractivity contribution in [2.45, 2.75) is 44.2 Å². The summed E-state index contributed by atoms with van der Waals surface area (Å²) in [5.74, 6) is -0.629. The molecule has 0 radical (unpaired) electrons. The normalized spacial score (nSPS) is 31.7. The maximum atomic E-state index is 11.2. The van der Waals surface area contributed by atoms with E-state index in [0.29, 0.717) is 0 Å². The van der Waals surface area contributed by atoms with Gasteiger partial charge in [-0.3, -0.25) is 4.79 Å². The molecule has 0 spiro atoms. The van der Waals surface area contributed by atoms with Gasteiger partial charge < -0.3 is 29.5 Å². The van der Waals surface area contributed by atoms with Crippen LogP contribution in [-0.4, -0.2) is 58.6 Å². The van der Waals surface area contributed by atoms with Crippen LogP contribution in [0.25, 0.3) is 0 Å². The summed E-state index contributed by atoms with van der Waals surface area (Å²) >= 11 is 0. The first-order valence-corrected chi connectivity index (χ1v) is 6.98. The summed E-state index contributed by atoms with van der Waals surface area (Å²) in [6, 6.07) is 9.22. The van der Waals surface area contributed by atoms with Gasteiger partial charge in [0.2, 0.25) is 0 Å². The van der Waals surface area contributed by atoms with Gasteiger partial charge in [-0.05, 0) is 5.56 Å². The standard InChI is InChI=1S/C15H20O7/c1-9(17)21-14-13(12(18)11(7-16)22-15(14)19)20-8-10-5-3-2-4-6-10/h2-6,11-16,18-19H,7-8H2,1H3/t11-,12-,13+,14+,15-/m1/s1. The molecule has 22 heavy (non-hydrogen) atoms. The second-order valence-electron chi connectivity index (χ2n) is 5.07. The van der Waals surface area contributed by atoms with Gasteiger partial charge in [0.05, 0.1) is 13.2 Å². The largest absolute Gasteiger partial charge is 0.454 e. The fraction of sp³-hybridized carbons (Fsp3) is 0.533. The Morgan fingerprint density at radius 3 is 2.50 bits per heavy atom. The Morgan fingerprint density at radius 1 is 1.23 bits per heavy atom. The lowest BCUT2D eigenvalue weighted by Crippen LogP contribution is -2.60. The summed E-state index contributed by atoms with van der Waals surface area (Å²) in [7, 11) is 0. The molecule has 1 heterocycles. The highest BCUT2D eigenvalue weighted by Gasteiger charge is 2.47. The molecular formula is C15H20O7. The number of ether oxygens (including phenoxy) is 3. The van der Waals surface area contributed by atoms with Gasteiger partial charge in [-0.1, -0.05) is 30.3 Å². The van der Waals surface area contributed by atoms with E-state index in [-0.39, 0.29) is 6.61 Å². The second-order valence-corrected chi connectivity index (χ2v) is 5.07. The number of aliphatic hydroxyl groups excluding tert-OH is 3. The van der Waals surface area contributed by atoms with Crippen molar-refractivity contribution in [1.29, 1.82) is 0 Å². The predicted octanol–water partition coefficient (Wildman–Crippen LogP) is -0.426. The Morgan fingerprint density at radius 2 is 1.91 bits per heavy atom. The van der Waals surface area contributed by atoms with E-state index in [9.17, 15) is 20.1 Å². The zero-order valence-corrected chi connectivity index (χ0v) is 12.2. The molecule has 0 saturated carbocycles. The van der Waals surface area contributed by atoms with E-state index in [1.807, 2.05) is 30.3 Å². The SMILES string of the molecule is CC(=O)O[C@H]1[C@@H](OCc2ccccc2)[C@H](O)[C@@H](CO)O[C@H]1O. The van der Waals surface area contributed by atoms with E-state index in [1.165, 1.54) is 6.92 Å². The number of esters is 1. The Kier molecular flexibility index (Phi) is 5.87. The van der Waals surface area contributed by atoms with Crippen molar-refractivity contribution < 1.29 is 34.3 Å². The van der Waals surface area contributed by atoms with Crippen molar-refractivity contribution in [2.75, 3.05) is 6.61 Å². The Hall–Kier alpha value is -1.51. The first-order valence-electron chi connectivity index (χ1n) is 6.98. The number of hydrogen-bond acceptors (Lipinski definition) is 7. The van der Waals surface area contributed by atoms with Crippen molar-refractivity contribution in [3.8, 4) is 0 Å². The fourth-order valence-electron chi connectivity index (χ4n) is 2.33. The van der Waals surface area contributed by atoms with Gasteiger partial charge >= 0.3 is 5.97 Å². The monoisotopic (exact) mass is 312 g/mol. The van der Waals surface area contributed by atoms with E-state index in [2.05, 4.69) is 0 Å². The molecule has 7 heteroatoms. The smallest absolute Gasteiger partial charge is 0.303 e. The predicted molar refractivity (Wildman–Crippen MR) is 74.5 cm³/mol. The van der Waals surface area contributed by atoms with Gasteiger partial charge in [-0.2, -0.15) is 0 Å². The van der Waals surface area contributed by atoms with Crippen LogP contribution < -0.4 is 0 Å². The van der Waals surface area contributed by atoms with Gasteiger partial charge in [0.25, 0.3) is 0 Å². The van der Waals surface area contributed by atoms with Gasteiger partial charge in [-0.25, -0.2) is 0 Å². The number of hydrogen-bond donors (Lipinski definition) is 3. The average Bonchev–Trinajstić information content (AvgIpc) is 2.50. The van der Waals surface area contributed by atoms with Crippen LogP contribution in [0, 0.1) is 0 Å². The van der Waals surface area contributed by atoms with Crippen LogP contribution >= 0.6 is 0 Å². The van der Waals surface area contributed by atoms with Crippen LogP contribution in [0.15, 0.2) is 30.3 Å². The highest BCUT2D eigenvalue weighted by Crippen LogP contribution is 2.25. The number of carbonyl (C=O) groups is 1. The van der Waals surface area contributed by atoms with Crippen molar-refractivity contribution in [3.05, 3.63) is 35.9 Å². The highest BCUT2D eigenvalue weighted by molar-refractivity contribution is 5.66. The fourth-order valence-corrected chi connectivity index (χ4v) is 2.33. The number of benzene rings is 1. The molecule has 1 aromatic carbocycles. The summed E-state index contributed by atoms with van der Waals surface area (Å²) in [4.78, 5) is 11.2. The molecule has 5 atom stereocenters. The minimum absolute atomic E-state index is 0.158. The molecule has 2 rings (SSSR count). The lowest BCUT2D eigenvalue weighted by atomic mass is 9.98. The van der Waals surface area contributed by atoms with E-state index >= 15 is 0 Å². The molecule has 1 aromatic rings. The second kappa shape index (κ2) is 7.66. The molecule has 0 aromatic heterocycles. The Bertz CT molecular complexity index is 478. The van der Waals surface area contributed by atoms with Gasteiger partial charge in [0, 0.05) is 6.92 Å². The summed E-state index contributed by atoms with van der Waals surface area (Å²) in [5.41, 5.74) is 0.859. The summed E-state index contributed by atoms with van der Waals surface area (Å²) in [6.45, 7) is 0.854. The Balaban J connectivity index is 2.10. The zero-order valence-electron chi connectivity index (χ0n) is 12.2. The molecule has 0 unspecified atom stereocenters. The minimum atomic E-state index is -1.48. The molecule has 0 aliphatic carbocycles. The van der Waals surface area contributed by atoms with Crippen LogP contribution in [0.4, 0.5) is 0 Å². The highest BCUT2D eigenvalue weighted by atomic mass is 16.7. The molecule has 1 aliphatic heterocycles. The van der Waals surface area contributed by atoms with E-state index in [0.717, 1.165) is 5.56 Å². The van der Waals surface area contributed by atoms with E-state index in [1.54, 1.807) is 0 Å². The molecular weight excluding hydrogens is 292 g/mol. The first kappa shape index (κ1) is 16.9. The number of carbonyl (C=O) groups excluding carboxylic acids is 1. The van der Waals surface area contributed by atoms with Crippen molar-refractivity contribution in [1.82, 2.24) is 0 Å². The van der Waals surface area contributed by atoms with E-state index in [4.69, 9.17) is 14.2 Å². The summed E-state index contributed by atoms with van der Waals surface area (Å²) in [6.07, 6.45) is -5.90. The lowest BCUT2D eigenvalue weighted by molar-refractivity contribution is -0.299. The topological polar surface area (TPSA) is 105 Å². The quantitative estimate of drug-likeness (QED) is 0.634.